The number of hydrogen-bond donors (Lipinski definition) is 2. The molecule has 1 aliphatic rings. The second kappa shape index (κ2) is 6.44. The summed E-state index contributed by atoms with van der Waals surface area (Å²) in [4.78, 5) is 12.1. The number of urea groups is 1. The van der Waals surface area contributed by atoms with Gasteiger partial charge in [-0.1, -0.05) is 6.07 Å². The minimum Gasteiger partial charge on any atom is -0.308 e. The van der Waals surface area contributed by atoms with Crippen molar-refractivity contribution in [1.82, 2.24) is 0 Å². The van der Waals surface area contributed by atoms with Gasteiger partial charge < -0.3 is 10.6 Å². The first kappa shape index (κ1) is 18.5. The highest BCUT2D eigenvalue weighted by Crippen LogP contribution is 2.33. The highest BCUT2D eigenvalue weighted by molar-refractivity contribution is 7.94. The Kier molecular flexibility index (Phi) is 4.41. The van der Waals surface area contributed by atoms with Gasteiger partial charge >= 0.3 is 12.2 Å². The van der Waals surface area contributed by atoms with E-state index in [1.807, 2.05) is 0 Å². The fourth-order valence-electron chi connectivity index (χ4n) is 2.48. The Morgan fingerprint density at radius 3 is 2.30 bits per heavy atom. The molecule has 6 nitrogen and oxygen atoms in total. The molecule has 0 unspecified atom stereocenters. The molecular formula is C17H10F3N3O3S. The van der Waals surface area contributed by atoms with E-state index in [-0.39, 0.29) is 16.3 Å². The molecule has 1 aliphatic heterocycles. The molecule has 0 saturated heterocycles. The van der Waals surface area contributed by atoms with Crippen molar-refractivity contribution in [3.05, 3.63) is 58.5 Å². The van der Waals surface area contributed by atoms with Crippen LogP contribution in [0.25, 0.3) is 6.08 Å². The summed E-state index contributed by atoms with van der Waals surface area (Å²) in [5, 5.41) is 14.4. The first-order valence-corrected chi connectivity index (χ1v) is 8.91. The third-order valence-corrected chi connectivity index (χ3v) is 5.17. The van der Waals surface area contributed by atoms with Crippen LogP contribution in [0.5, 0.6) is 0 Å². The van der Waals surface area contributed by atoms with Crippen LogP contribution >= 0.6 is 0 Å². The summed E-state index contributed by atoms with van der Waals surface area (Å²) in [5.41, 5.74) is -1.28. The van der Waals surface area contributed by atoms with Gasteiger partial charge in [-0.2, -0.15) is 18.4 Å². The molecule has 2 amide bonds. The zero-order valence-corrected chi connectivity index (χ0v) is 14.1. The highest BCUT2D eigenvalue weighted by Gasteiger charge is 2.34. The standard InChI is InChI=1S/C17H10F3N3O3S/c18-17(19,20)14-7-12(4-2-11(14)9-21)22-16(24)23-13-3-1-10-5-6-27(25,26)15(10)8-13/h1-8H,(H2,22,23,24). The topological polar surface area (TPSA) is 99.1 Å². The molecule has 2 aromatic carbocycles. The van der Waals surface area contributed by atoms with Gasteiger partial charge in [-0.25, -0.2) is 13.2 Å². The molecule has 27 heavy (non-hydrogen) atoms. The number of amides is 2. The van der Waals surface area contributed by atoms with Crippen LogP contribution in [0.2, 0.25) is 0 Å². The van der Waals surface area contributed by atoms with E-state index < -0.39 is 33.2 Å². The average molecular weight is 393 g/mol. The third-order valence-electron chi connectivity index (χ3n) is 3.71. The Hall–Kier alpha value is -3.32. The summed E-state index contributed by atoms with van der Waals surface area (Å²) < 4.78 is 62.5. The molecule has 0 atom stereocenters. The number of anilines is 2. The summed E-state index contributed by atoms with van der Waals surface area (Å²) >= 11 is 0. The number of benzene rings is 2. The summed E-state index contributed by atoms with van der Waals surface area (Å²) in [6, 6.07) is 7.55. The third kappa shape index (κ3) is 3.78. The second-order valence-corrected chi connectivity index (χ2v) is 7.35. The minimum atomic E-state index is -4.75. The van der Waals surface area contributed by atoms with Crippen molar-refractivity contribution < 1.29 is 26.4 Å². The van der Waals surface area contributed by atoms with Crippen LogP contribution in [0.4, 0.5) is 29.3 Å². The lowest BCUT2D eigenvalue weighted by Crippen LogP contribution is -2.20. The van der Waals surface area contributed by atoms with Crippen molar-refractivity contribution in [3.8, 4) is 6.07 Å². The molecular weight excluding hydrogens is 383 g/mol. The number of halogens is 3. The van der Waals surface area contributed by atoms with Gasteiger partial charge in [0.2, 0.25) is 9.84 Å². The van der Waals surface area contributed by atoms with E-state index in [1.54, 1.807) is 0 Å². The lowest BCUT2D eigenvalue weighted by atomic mass is 10.1. The molecule has 2 aromatic rings. The van der Waals surface area contributed by atoms with Crippen molar-refractivity contribution in [2.24, 2.45) is 0 Å². The lowest BCUT2D eigenvalue weighted by molar-refractivity contribution is -0.137. The number of carbonyl (C=O) groups is 1. The molecule has 2 N–H and O–H groups in total. The molecule has 0 bridgehead atoms. The van der Waals surface area contributed by atoms with Crippen LogP contribution in [0, 0.1) is 11.3 Å². The van der Waals surface area contributed by atoms with Gasteiger partial charge in [0.05, 0.1) is 22.1 Å². The van der Waals surface area contributed by atoms with Gasteiger partial charge in [0.25, 0.3) is 0 Å². The smallest absolute Gasteiger partial charge is 0.308 e. The predicted octanol–water partition coefficient (Wildman–Crippen LogP) is 3.98. The van der Waals surface area contributed by atoms with Gasteiger partial charge in [0, 0.05) is 16.8 Å². The summed E-state index contributed by atoms with van der Waals surface area (Å²) in [6.45, 7) is 0. The number of nitrogens with zero attached hydrogens (tertiary/aromatic N) is 1. The van der Waals surface area contributed by atoms with E-state index in [2.05, 4.69) is 10.6 Å². The van der Waals surface area contributed by atoms with Gasteiger partial charge in [-0.15, -0.1) is 0 Å². The monoisotopic (exact) mass is 393 g/mol. The molecule has 0 fully saturated rings. The summed E-state index contributed by atoms with van der Waals surface area (Å²) in [7, 11) is -3.56. The quantitative estimate of drug-likeness (QED) is 0.806. The molecule has 3 rings (SSSR count). The van der Waals surface area contributed by atoms with Gasteiger partial charge in [-0.3, -0.25) is 0 Å². The van der Waals surface area contributed by atoms with Gasteiger partial charge in [0.1, 0.15) is 0 Å². The van der Waals surface area contributed by atoms with Crippen molar-refractivity contribution in [3.63, 3.8) is 0 Å². The number of nitriles is 1. The average Bonchev–Trinajstić information content (AvgIpc) is 2.89. The van der Waals surface area contributed by atoms with E-state index in [4.69, 9.17) is 5.26 Å². The van der Waals surface area contributed by atoms with Crippen molar-refractivity contribution >= 4 is 33.3 Å². The first-order chi connectivity index (χ1) is 12.6. The minimum absolute atomic E-state index is 0.0260. The molecule has 10 heteroatoms. The maximum absolute atomic E-state index is 13.0. The molecule has 1 heterocycles. The molecule has 0 aromatic heterocycles. The number of hydrogen-bond acceptors (Lipinski definition) is 4. The van der Waals surface area contributed by atoms with E-state index in [9.17, 15) is 26.4 Å². The maximum Gasteiger partial charge on any atom is 0.417 e. The fourth-order valence-corrected chi connectivity index (χ4v) is 3.71. The zero-order chi connectivity index (χ0) is 19.8. The SMILES string of the molecule is N#Cc1ccc(NC(=O)Nc2ccc3c(c2)S(=O)(=O)C=C3)cc1C(F)(F)F. The lowest BCUT2D eigenvalue weighted by Gasteiger charge is -2.12. The maximum atomic E-state index is 13.0. The number of fused-ring (bicyclic) bond motifs is 1. The van der Waals surface area contributed by atoms with Crippen LogP contribution in [0.1, 0.15) is 16.7 Å². The predicted molar refractivity (Wildman–Crippen MR) is 91.5 cm³/mol. The normalized spacial score (nSPS) is 14.3. The van der Waals surface area contributed by atoms with E-state index >= 15 is 0 Å². The van der Waals surface area contributed by atoms with Crippen molar-refractivity contribution in [1.29, 1.82) is 5.26 Å². The van der Waals surface area contributed by atoms with Gasteiger partial charge in [0.15, 0.2) is 0 Å². The van der Waals surface area contributed by atoms with Crippen LogP contribution < -0.4 is 10.6 Å². The van der Waals surface area contributed by atoms with Gasteiger partial charge in [-0.05, 0) is 42.0 Å². The second-order valence-electron chi connectivity index (χ2n) is 5.55. The molecule has 138 valence electrons. The Labute approximate surface area is 151 Å². The number of alkyl halides is 3. The number of rotatable bonds is 2. The van der Waals surface area contributed by atoms with E-state index in [0.29, 0.717) is 11.6 Å². The highest BCUT2D eigenvalue weighted by atomic mass is 32.2. The Morgan fingerprint density at radius 2 is 1.67 bits per heavy atom. The largest absolute Gasteiger partial charge is 0.417 e. The van der Waals surface area contributed by atoms with E-state index in [0.717, 1.165) is 17.5 Å². The molecule has 0 saturated carbocycles. The van der Waals surface area contributed by atoms with Crippen LogP contribution in [-0.4, -0.2) is 14.4 Å². The molecule has 0 radical (unpaired) electrons. The van der Waals surface area contributed by atoms with Crippen molar-refractivity contribution in [2.45, 2.75) is 11.1 Å². The summed E-state index contributed by atoms with van der Waals surface area (Å²) in [5.74, 6) is 0. The first-order valence-electron chi connectivity index (χ1n) is 7.37. The summed E-state index contributed by atoms with van der Waals surface area (Å²) in [6.07, 6.45) is -3.33. The Bertz CT molecular complexity index is 1120. The Morgan fingerprint density at radius 1 is 1.04 bits per heavy atom. The molecule has 0 spiro atoms. The zero-order valence-electron chi connectivity index (χ0n) is 13.3. The van der Waals surface area contributed by atoms with Crippen molar-refractivity contribution in [2.75, 3.05) is 10.6 Å². The molecule has 0 aliphatic carbocycles. The van der Waals surface area contributed by atoms with E-state index in [1.165, 1.54) is 30.3 Å². The van der Waals surface area contributed by atoms with Crippen LogP contribution in [-0.2, 0) is 16.0 Å². The Balaban J connectivity index is 1.79. The number of sulfone groups is 1. The van der Waals surface area contributed by atoms with Crippen LogP contribution in [0.15, 0.2) is 46.7 Å². The number of carbonyl (C=O) groups excluding carboxylic acids is 1. The number of nitrogens with one attached hydrogen (secondary N) is 2. The fraction of sp³-hybridized carbons (Fsp3) is 0.0588. The van der Waals surface area contributed by atoms with Crippen LogP contribution in [0.3, 0.4) is 0 Å².